The lowest BCUT2D eigenvalue weighted by Crippen LogP contribution is -2.25. The highest BCUT2D eigenvalue weighted by Gasteiger charge is 2.28. The van der Waals surface area contributed by atoms with Crippen LogP contribution in [0.1, 0.15) is 181 Å². The number of carbonyl (C=O) groups is 4. The number of carbonyl (C=O) groups excluding carboxylic acids is 3. The fraction of sp³-hybridized carbons (Fsp3) is 0.789. The maximum absolute atomic E-state index is 12.4. The van der Waals surface area contributed by atoms with E-state index in [1.807, 2.05) is 20.8 Å². The van der Waals surface area contributed by atoms with Gasteiger partial charge in [-0.25, -0.2) is 0 Å². The van der Waals surface area contributed by atoms with Crippen LogP contribution in [0.5, 0.6) is 0 Å². The van der Waals surface area contributed by atoms with E-state index in [1.165, 1.54) is 74.0 Å². The molecule has 0 bridgehead atoms. The second kappa shape index (κ2) is 21.0. The molecular weight excluding hydrogens is 668 g/mol. The molecular formula is C38H62N6O8. The van der Waals surface area contributed by atoms with Crippen molar-refractivity contribution < 1.29 is 38.1 Å². The Bertz CT molecular complexity index is 1400. The molecule has 2 amide bonds. The molecule has 0 aliphatic heterocycles. The minimum atomic E-state index is -0.892. The zero-order chi connectivity index (χ0) is 38.3. The van der Waals surface area contributed by atoms with Gasteiger partial charge in [0.05, 0.1) is 12.8 Å². The molecule has 0 spiro atoms. The van der Waals surface area contributed by atoms with Crippen molar-refractivity contribution >= 4 is 23.8 Å². The van der Waals surface area contributed by atoms with Crippen molar-refractivity contribution in [3.05, 3.63) is 23.4 Å². The molecule has 2 saturated carbocycles. The fourth-order valence-electron chi connectivity index (χ4n) is 7.05. The number of hydrogen-bond acceptors (Lipinski definition) is 11. The van der Waals surface area contributed by atoms with Crippen LogP contribution in [0.2, 0.25) is 0 Å². The quantitative estimate of drug-likeness (QED) is 0.169. The van der Waals surface area contributed by atoms with Gasteiger partial charge in [-0.15, -0.1) is 0 Å². The summed E-state index contributed by atoms with van der Waals surface area (Å²) in [7, 11) is 6.50. The number of aliphatic carboxylic acids is 1. The maximum atomic E-state index is 12.4. The summed E-state index contributed by atoms with van der Waals surface area (Å²) in [4.78, 5) is 58.6. The number of rotatable bonds is 16. The van der Waals surface area contributed by atoms with Gasteiger partial charge in [0.2, 0.25) is 11.8 Å². The zero-order valence-corrected chi connectivity index (χ0v) is 32.5. The highest BCUT2D eigenvalue weighted by Crippen LogP contribution is 2.33. The SMILES string of the molecule is CN(C)C(=O)c1noc([C@H](CCCC2CCCCC2)CC(=O)O)n1.CN(C)C(=O)c1noc([C@H](CCCC2CCCCC2)CC(=O)OC(C)(C)C)n1. The van der Waals surface area contributed by atoms with Crippen molar-refractivity contribution in [3.63, 3.8) is 0 Å². The molecule has 2 aliphatic rings. The van der Waals surface area contributed by atoms with Crippen LogP contribution < -0.4 is 0 Å². The van der Waals surface area contributed by atoms with Crippen molar-refractivity contribution in [2.24, 2.45) is 11.8 Å². The van der Waals surface area contributed by atoms with E-state index in [2.05, 4.69) is 20.3 Å². The molecule has 52 heavy (non-hydrogen) atoms. The third kappa shape index (κ3) is 15.0. The zero-order valence-electron chi connectivity index (χ0n) is 32.5. The van der Waals surface area contributed by atoms with Gasteiger partial charge in [-0.3, -0.25) is 19.2 Å². The van der Waals surface area contributed by atoms with E-state index in [4.69, 9.17) is 18.9 Å². The topological polar surface area (TPSA) is 182 Å². The first-order chi connectivity index (χ1) is 24.6. The van der Waals surface area contributed by atoms with Crippen molar-refractivity contribution in [1.82, 2.24) is 30.1 Å². The number of nitrogens with zero attached hydrogens (tertiary/aromatic N) is 6. The Morgan fingerprint density at radius 3 is 1.48 bits per heavy atom. The Morgan fingerprint density at radius 2 is 1.12 bits per heavy atom. The summed E-state index contributed by atoms with van der Waals surface area (Å²) in [6.45, 7) is 5.55. The molecule has 2 fully saturated rings. The van der Waals surface area contributed by atoms with E-state index >= 15 is 0 Å². The van der Waals surface area contributed by atoms with Gasteiger partial charge in [0.1, 0.15) is 5.60 Å². The molecule has 0 aromatic carbocycles. The van der Waals surface area contributed by atoms with Gasteiger partial charge in [0, 0.05) is 40.0 Å². The molecule has 14 nitrogen and oxygen atoms in total. The van der Waals surface area contributed by atoms with Gasteiger partial charge < -0.3 is 28.7 Å². The second-order valence-electron chi connectivity index (χ2n) is 16.0. The number of carboxylic acid groups (broad SMARTS) is 1. The van der Waals surface area contributed by atoms with Crippen LogP contribution in [-0.4, -0.2) is 92.7 Å². The van der Waals surface area contributed by atoms with Gasteiger partial charge in [-0.05, 0) is 45.4 Å². The van der Waals surface area contributed by atoms with Crippen LogP contribution in [0.15, 0.2) is 9.05 Å². The van der Waals surface area contributed by atoms with Gasteiger partial charge in [0.25, 0.3) is 23.5 Å². The summed E-state index contributed by atoms with van der Waals surface area (Å²) in [5.74, 6) is -0.232. The molecule has 0 saturated heterocycles. The van der Waals surface area contributed by atoms with Crippen LogP contribution in [-0.2, 0) is 14.3 Å². The Kier molecular flexibility index (Phi) is 17.2. The maximum Gasteiger partial charge on any atom is 0.307 e. The summed E-state index contributed by atoms with van der Waals surface area (Å²) in [6, 6.07) is 0. The monoisotopic (exact) mass is 730 g/mol. The number of esters is 1. The Labute approximate surface area is 308 Å². The second-order valence-corrected chi connectivity index (χ2v) is 16.0. The molecule has 0 radical (unpaired) electrons. The Hall–Kier alpha value is -3.84. The Balaban J connectivity index is 0.000000284. The number of hydrogen-bond donors (Lipinski definition) is 1. The first-order valence-electron chi connectivity index (χ1n) is 19.2. The smallest absolute Gasteiger partial charge is 0.307 e. The van der Waals surface area contributed by atoms with E-state index in [9.17, 15) is 19.2 Å². The molecule has 1 N–H and O–H groups in total. The minimum Gasteiger partial charge on any atom is -0.481 e. The van der Waals surface area contributed by atoms with Crippen molar-refractivity contribution in [3.8, 4) is 0 Å². The number of ether oxygens (including phenoxy) is 1. The molecule has 14 heteroatoms. The minimum absolute atomic E-state index is 0.0160. The standard InChI is InChI=1S/C21H35N3O4.C17H27N3O4/c1-21(2,3)27-17(25)14-16(13-9-12-15-10-7-6-8-11-15)19-22-18(23-28-19)20(26)24(4)5;1-20(2)17(23)15-18-16(24-19-15)13(11-14(21)22)10-6-9-12-7-4-3-5-8-12/h15-16H,6-14H2,1-5H3;12-13H,3-11H2,1-2H3,(H,21,22)/t16-;13-/m11/s1. The van der Waals surface area contributed by atoms with Gasteiger partial charge >= 0.3 is 11.9 Å². The number of carboxylic acids is 1. The molecule has 292 valence electrons. The molecule has 2 heterocycles. The molecule has 2 aromatic rings. The van der Waals surface area contributed by atoms with Gasteiger partial charge in [-0.1, -0.05) is 100 Å². The number of aromatic nitrogens is 4. The van der Waals surface area contributed by atoms with Crippen molar-refractivity contribution in [2.45, 2.75) is 154 Å². The molecule has 4 rings (SSSR count). The average Bonchev–Trinajstić information content (AvgIpc) is 3.78. The summed E-state index contributed by atoms with van der Waals surface area (Å²) < 4.78 is 16.0. The van der Waals surface area contributed by atoms with Gasteiger partial charge in [-0.2, -0.15) is 9.97 Å². The van der Waals surface area contributed by atoms with Crippen LogP contribution in [0.3, 0.4) is 0 Å². The normalized spacial score (nSPS) is 16.7. The van der Waals surface area contributed by atoms with E-state index in [0.717, 1.165) is 43.9 Å². The summed E-state index contributed by atoms with van der Waals surface area (Å²) >= 11 is 0. The van der Waals surface area contributed by atoms with Crippen LogP contribution in [0, 0.1) is 11.8 Å². The van der Waals surface area contributed by atoms with Crippen molar-refractivity contribution in [1.29, 1.82) is 0 Å². The average molecular weight is 731 g/mol. The van der Waals surface area contributed by atoms with E-state index in [0.29, 0.717) is 12.3 Å². The summed E-state index contributed by atoms with van der Waals surface area (Å²) in [5.41, 5.74) is -0.537. The first-order valence-corrected chi connectivity index (χ1v) is 19.2. The van der Waals surface area contributed by atoms with Crippen LogP contribution in [0.25, 0.3) is 0 Å². The summed E-state index contributed by atoms with van der Waals surface area (Å²) in [5, 5.41) is 16.6. The predicted octanol–water partition coefficient (Wildman–Crippen LogP) is 7.42. The van der Waals surface area contributed by atoms with Crippen LogP contribution in [0.4, 0.5) is 0 Å². The van der Waals surface area contributed by atoms with E-state index in [1.54, 1.807) is 28.2 Å². The lowest BCUT2D eigenvalue weighted by Gasteiger charge is -2.23. The molecule has 2 aliphatic carbocycles. The predicted molar refractivity (Wildman–Crippen MR) is 194 cm³/mol. The first kappa shape index (κ1) is 42.6. The van der Waals surface area contributed by atoms with E-state index in [-0.39, 0.29) is 60.0 Å². The third-order valence-electron chi connectivity index (χ3n) is 9.81. The highest BCUT2D eigenvalue weighted by atomic mass is 16.6. The summed E-state index contributed by atoms with van der Waals surface area (Å²) in [6.07, 6.45) is 18.9. The Morgan fingerprint density at radius 1 is 0.712 bits per heavy atom. The highest BCUT2D eigenvalue weighted by molar-refractivity contribution is 5.90. The molecule has 2 aromatic heterocycles. The van der Waals surface area contributed by atoms with Crippen molar-refractivity contribution in [2.75, 3.05) is 28.2 Å². The lowest BCUT2D eigenvalue weighted by molar-refractivity contribution is -0.155. The number of amides is 2. The van der Waals surface area contributed by atoms with Gasteiger partial charge in [0.15, 0.2) is 0 Å². The third-order valence-corrected chi connectivity index (χ3v) is 9.81. The molecule has 2 atom stereocenters. The van der Waals surface area contributed by atoms with Crippen LogP contribution >= 0.6 is 0 Å². The lowest BCUT2D eigenvalue weighted by atomic mass is 9.84. The van der Waals surface area contributed by atoms with E-state index < -0.39 is 11.6 Å². The molecule has 0 unspecified atom stereocenters. The fourth-order valence-corrected chi connectivity index (χ4v) is 7.05. The largest absolute Gasteiger partial charge is 0.481 e.